The van der Waals surface area contributed by atoms with Gasteiger partial charge in [-0.1, -0.05) is 0 Å². The van der Waals surface area contributed by atoms with Crippen LogP contribution < -0.4 is 0 Å². The van der Waals surface area contributed by atoms with Crippen molar-refractivity contribution in [2.45, 2.75) is 34.6 Å². The summed E-state index contributed by atoms with van der Waals surface area (Å²) in [6, 6.07) is 0. The fraction of sp³-hybridized carbons (Fsp3) is 0.714. The van der Waals surface area contributed by atoms with Gasteiger partial charge >= 0.3 is 21.1 Å². The van der Waals surface area contributed by atoms with E-state index in [2.05, 4.69) is 20.8 Å². The van der Waals surface area contributed by atoms with Crippen LogP contribution in [-0.2, 0) is 21.1 Å². The summed E-state index contributed by atoms with van der Waals surface area (Å²) in [6.07, 6.45) is 2.00. The maximum atomic E-state index is 2.08. The predicted octanol–water partition coefficient (Wildman–Crippen LogP) is 2.85. The van der Waals surface area contributed by atoms with Gasteiger partial charge in [0.1, 0.15) is 0 Å². The molecule has 0 unspecified atom stereocenters. The summed E-state index contributed by atoms with van der Waals surface area (Å²) in [5.41, 5.74) is 0. The molecular weight excluding hydrogens is 268 g/mol. The van der Waals surface area contributed by atoms with Crippen LogP contribution >= 0.6 is 0 Å². The third kappa shape index (κ3) is 457. The molecule has 0 amide bonds. The Morgan fingerprint density at radius 2 is 1.00 bits per heavy atom. The monoisotopic (exact) mass is 284 g/mol. The first-order chi connectivity index (χ1) is 3.15. The normalized spacial score (nSPS) is 6.75. The average Bonchev–Trinajstić information content (AvgIpc) is 1.33. The predicted molar refractivity (Wildman–Crippen MR) is 35.9 cm³/mol. The van der Waals surface area contributed by atoms with Gasteiger partial charge in [0.2, 0.25) is 0 Å². The summed E-state index contributed by atoms with van der Waals surface area (Å²) in [7, 11) is 0. The Hall–Kier alpha value is 0.688. The van der Waals surface area contributed by atoms with Crippen LogP contribution in [0, 0.1) is 12.3 Å². The van der Waals surface area contributed by atoms with E-state index in [0.717, 1.165) is 0 Å². The molecule has 0 aliphatic heterocycles. The number of hydrogen-bond acceptors (Lipinski definition) is 0. The van der Waals surface area contributed by atoms with Crippen molar-refractivity contribution in [3.05, 3.63) is 12.3 Å². The second-order valence-electron chi connectivity index (χ2n) is 2.08. The van der Waals surface area contributed by atoms with Crippen molar-refractivity contribution in [2.24, 2.45) is 0 Å². The first-order valence-corrected chi connectivity index (χ1v) is 2.65. The van der Waals surface area contributed by atoms with Gasteiger partial charge in [0.15, 0.2) is 0 Å². The van der Waals surface area contributed by atoms with E-state index in [-0.39, 0.29) is 21.1 Å². The second kappa shape index (κ2) is 15.6. The van der Waals surface area contributed by atoms with Crippen LogP contribution in [0.15, 0.2) is 0 Å². The minimum absolute atomic E-state index is 0. The molecule has 0 radical (unpaired) electrons. The summed E-state index contributed by atoms with van der Waals surface area (Å²) in [4.78, 5) is 0. The van der Waals surface area contributed by atoms with Crippen molar-refractivity contribution in [1.29, 1.82) is 0 Å². The smallest absolute Gasteiger partial charge is 0.335 e. The van der Waals surface area contributed by atoms with Crippen LogP contribution in [0.4, 0.5) is 0 Å². The zero-order valence-corrected chi connectivity index (χ0v) is 9.42. The summed E-state index contributed by atoms with van der Waals surface area (Å²) in [5.74, 6) is 1.42. The van der Waals surface area contributed by atoms with Gasteiger partial charge in [-0.15, -0.1) is 0 Å². The molecule has 0 aliphatic rings. The van der Waals surface area contributed by atoms with Crippen molar-refractivity contribution in [3.8, 4) is 0 Å². The molecule has 50 valence electrons. The van der Waals surface area contributed by atoms with Crippen molar-refractivity contribution in [3.63, 3.8) is 0 Å². The standard InChI is InChI=1S/C4H9.C3H7.W/c1-4(2)3;1-3-2;/h1-3H3;3H,1-2H3;/q2*-1;+2. The van der Waals surface area contributed by atoms with Gasteiger partial charge in [0, 0.05) is 0 Å². The SMILES string of the molecule is C[C-](C)C.C[CH-]C.[W+2]. The Morgan fingerprint density at radius 3 is 1.00 bits per heavy atom. The van der Waals surface area contributed by atoms with Gasteiger partial charge in [-0.05, 0) is 0 Å². The molecule has 0 fully saturated rings. The largest absolute Gasteiger partial charge is 2.00 e. The van der Waals surface area contributed by atoms with Crippen LogP contribution in [-0.4, -0.2) is 0 Å². The fourth-order valence-corrected chi connectivity index (χ4v) is 0. The van der Waals surface area contributed by atoms with Crippen molar-refractivity contribution in [2.75, 3.05) is 0 Å². The Bertz CT molecular complexity index is 15.6. The molecule has 0 heterocycles. The molecule has 0 saturated carbocycles. The van der Waals surface area contributed by atoms with Crippen LogP contribution in [0.5, 0.6) is 0 Å². The number of hydrogen-bond donors (Lipinski definition) is 0. The molecule has 0 rings (SSSR count). The first-order valence-electron chi connectivity index (χ1n) is 2.65. The summed E-state index contributed by atoms with van der Waals surface area (Å²) >= 11 is 0. The molecule has 0 spiro atoms. The maximum absolute atomic E-state index is 2.08. The zero-order chi connectivity index (χ0) is 6.28. The Kier molecular flexibility index (Phi) is 31.0. The molecule has 0 N–H and O–H groups in total. The summed E-state index contributed by atoms with van der Waals surface area (Å²) in [5, 5.41) is 0. The molecule has 1 heteroatoms. The molecule has 0 aromatic rings. The Balaban J connectivity index is -0.0000000575. The van der Waals surface area contributed by atoms with Crippen molar-refractivity contribution in [1.82, 2.24) is 0 Å². The minimum Gasteiger partial charge on any atom is -0.335 e. The Morgan fingerprint density at radius 1 is 1.00 bits per heavy atom. The van der Waals surface area contributed by atoms with Gasteiger partial charge in [0.05, 0.1) is 0 Å². The number of rotatable bonds is 0. The third-order valence-corrected chi connectivity index (χ3v) is 0. The maximum Gasteiger partial charge on any atom is 2.00 e. The van der Waals surface area contributed by atoms with E-state index < -0.39 is 0 Å². The van der Waals surface area contributed by atoms with Gasteiger partial charge in [-0.25, -0.2) is 0 Å². The second-order valence-corrected chi connectivity index (χ2v) is 2.08. The van der Waals surface area contributed by atoms with Crippen LogP contribution in [0.25, 0.3) is 0 Å². The molecule has 8 heavy (non-hydrogen) atoms. The average molecular weight is 284 g/mol. The summed E-state index contributed by atoms with van der Waals surface area (Å²) < 4.78 is 0. The van der Waals surface area contributed by atoms with Gasteiger partial charge in [-0.3, -0.25) is 0 Å². The molecule has 0 atom stereocenters. The molecule has 0 aromatic carbocycles. The molecular formula is C7H16W. The topological polar surface area (TPSA) is 0 Å². The van der Waals surface area contributed by atoms with Gasteiger partial charge < -0.3 is 12.3 Å². The molecule has 0 aromatic heterocycles. The van der Waals surface area contributed by atoms with Gasteiger partial charge in [0.25, 0.3) is 0 Å². The van der Waals surface area contributed by atoms with Gasteiger partial charge in [-0.2, -0.15) is 34.6 Å². The van der Waals surface area contributed by atoms with E-state index in [9.17, 15) is 0 Å². The van der Waals surface area contributed by atoms with Crippen LogP contribution in [0.2, 0.25) is 0 Å². The van der Waals surface area contributed by atoms with Crippen molar-refractivity contribution < 1.29 is 21.1 Å². The molecule has 0 saturated heterocycles. The van der Waals surface area contributed by atoms with E-state index in [0.29, 0.717) is 0 Å². The van der Waals surface area contributed by atoms with E-state index in [1.54, 1.807) is 0 Å². The Labute approximate surface area is 68.3 Å². The van der Waals surface area contributed by atoms with E-state index in [1.807, 2.05) is 20.3 Å². The molecule has 0 aliphatic carbocycles. The van der Waals surface area contributed by atoms with E-state index in [1.165, 1.54) is 5.92 Å². The van der Waals surface area contributed by atoms with E-state index >= 15 is 0 Å². The fourth-order valence-electron chi connectivity index (χ4n) is 0. The van der Waals surface area contributed by atoms with Crippen molar-refractivity contribution >= 4 is 0 Å². The summed E-state index contributed by atoms with van der Waals surface area (Å²) in [6.45, 7) is 10.2. The van der Waals surface area contributed by atoms with Crippen LogP contribution in [0.3, 0.4) is 0 Å². The quantitative estimate of drug-likeness (QED) is 0.600. The zero-order valence-electron chi connectivity index (χ0n) is 6.49. The first kappa shape index (κ1) is 15.9. The minimum atomic E-state index is 0. The molecule has 0 nitrogen and oxygen atoms in total. The third-order valence-electron chi connectivity index (χ3n) is 0. The van der Waals surface area contributed by atoms with E-state index in [4.69, 9.17) is 0 Å². The molecule has 0 bridgehead atoms. The van der Waals surface area contributed by atoms with Crippen LogP contribution in [0.1, 0.15) is 34.6 Å².